The molecule has 0 amide bonds. The van der Waals surface area contributed by atoms with E-state index < -0.39 is 0 Å². The molecular weight excluding hydrogens is 292 g/mol. The summed E-state index contributed by atoms with van der Waals surface area (Å²) in [6.07, 6.45) is 9.34. The summed E-state index contributed by atoms with van der Waals surface area (Å²) in [6.45, 7) is 5.50. The molecule has 0 bridgehead atoms. The van der Waals surface area contributed by atoms with Crippen molar-refractivity contribution in [1.82, 2.24) is 25.6 Å². The van der Waals surface area contributed by atoms with Crippen molar-refractivity contribution in [3.05, 3.63) is 36.5 Å². The van der Waals surface area contributed by atoms with Gasteiger partial charge in [-0.25, -0.2) is 0 Å². The number of unbranched alkanes of at least 4 members (excludes halogenated alkanes) is 1. The van der Waals surface area contributed by atoms with E-state index in [4.69, 9.17) is 4.42 Å². The molecule has 0 saturated carbocycles. The van der Waals surface area contributed by atoms with Gasteiger partial charge in [-0.2, -0.15) is 0 Å². The van der Waals surface area contributed by atoms with Gasteiger partial charge in [-0.15, -0.1) is 5.10 Å². The molecule has 0 spiro atoms. The number of aliphatic imine (C=N–C) groups is 1. The first-order valence-corrected chi connectivity index (χ1v) is 8.27. The SMILES string of the molecule is CCCCNC(=NCCCn1ccnn1)NCCc1ccco1. The number of furan rings is 1. The van der Waals surface area contributed by atoms with Crippen LogP contribution >= 0.6 is 0 Å². The molecule has 7 nitrogen and oxygen atoms in total. The Hall–Kier alpha value is -2.31. The van der Waals surface area contributed by atoms with Crippen LogP contribution in [0.15, 0.2) is 40.2 Å². The van der Waals surface area contributed by atoms with E-state index in [0.29, 0.717) is 0 Å². The van der Waals surface area contributed by atoms with Crippen molar-refractivity contribution in [1.29, 1.82) is 0 Å². The van der Waals surface area contributed by atoms with Gasteiger partial charge in [0.1, 0.15) is 5.76 Å². The predicted molar refractivity (Wildman–Crippen MR) is 90.3 cm³/mol. The summed E-state index contributed by atoms with van der Waals surface area (Å²) >= 11 is 0. The van der Waals surface area contributed by atoms with E-state index in [1.165, 1.54) is 6.42 Å². The Balaban J connectivity index is 1.71. The molecule has 0 aliphatic carbocycles. The second-order valence-electron chi connectivity index (χ2n) is 5.29. The largest absolute Gasteiger partial charge is 0.469 e. The fourth-order valence-electron chi connectivity index (χ4n) is 2.09. The van der Waals surface area contributed by atoms with Crippen LogP contribution in [0.5, 0.6) is 0 Å². The molecule has 2 N–H and O–H groups in total. The summed E-state index contributed by atoms with van der Waals surface area (Å²) in [5.41, 5.74) is 0. The standard InChI is InChI=1S/C16H26N6O/c1-2-3-8-17-16(19-10-7-15-6-4-14-23-15)18-9-5-12-22-13-11-20-21-22/h4,6,11,13-14H,2-3,5,7-10,12H2,1H3,(H2,17,18,19). The van der Waals surface area contributed by atoms with E-state index in [1.807, 2.05) is 23.0 Å². The highest BCUT2D eigenvalue weighted by Crippen LogP contribution is 1.99. The number of rotatable bonds is 10. The van der Waals surface area contributed by atoms with Gasteiger partial charge in [-0.05, 0) is 25.0 Å². The van der Waals surface area contributed by atoms with E-state index >= 15 is 0 Å². The van der Waals surface area contributed by atoms with Crippen LogP contribution in [0.4, 0.5) is 0 Å². The van der Waals surface area contributed by atoms with E-state index in [-0.39, 0.29) is 0 Å². The van der Waals surface area contributed by atoms with E-state index in [9.17, 15) is 0 Å². The van der Waals surface area contributed by atoms with Gasteiger partial charge in [0.2, 0.25) is 0 Å². The number of aromatic nitrogens is 3. The fraction of sp³-hybridized carbons (Fsp3) is 0.562. The molecule has 0 aromatic carbocycles. The highest BCUT2D eigenvalue weighted by Gasteiger charge is 2.00. The molecular formula is C16H26N6O. The van der Waals surface area contributed by atoms with Crippen molar-refractivity contribution in [2.45, 2.75) is 39.2 Å². The Bertz CT molecular complexity index is 535. The van der Waals surface area contributed by atoms with Crippen LogP contribution in [-0.2, 0) is 13.0 Å². The van der Waals surface area contributed by atoms with E-state index in [2.05, 4.69) is 32.9 Å². The third-order valence-corrected chi connectivity index (χ3v) is 3.35. The Kier molecular flexibility index (Phi) is 7.73. The normalized spacial score (nSPS) is 11.6. The average Bonchev–Trinajstić information content (AvgIpc) is 3.24. The lowest BCUT2D eigenvalue weighted by molar-refractivity contribution is 0.506. The Labute approximate surface area is 137 Å². The minimum absolute atomic E-state index is 0.752. The van der Waals surface area contributed by atoms with Gasteiger partial charge >= 0.3 is 0 Å². The topological polar surface area (TPSA) is 80.3 Å². The van der Waals surface area contributed by atoms with Gasteiger partial charge in [-0.1, -0.05) is 18.6 Å². The van der Waals surface area contributed by atoms with Crippen LogP contribution in [0.1, 0.15) is 31.9 Å². The van der Waals surface area contributed by atoms with Gasteiger partial charge < -0.3 is 15.1 Å². The van der Waals surface area contributed by atoms with Crippen molar-refractivity contribution < 1.29 is 4.42 Å². The highest BCUT2D eigenvalue weighted by atomic mass is 16.3. The molecule has 126 valence electrons. The zero-order chi connectivity index (χ0) is 16.2. The third kappa shape index (κ3) is 6.99. The minimum Gasteiger partial charge on any atom is -0.469 e. The maximum Gasteiger partial charge on any atom is 0.191 e. The maximum absolute atomic E-state index is 5.34. The number of aryl methyl sites for hydroxylation is 1. The molecule has 23 heavy (non-hydrogen) atoms. The van der Waals surface area contributed by atoms with E-state index in [1.54, 1.807) is 12.5 Å². The molecule has 2 aromatic heterocycles. The predicted octanol–water partition coefficient (Wildman–Crippen LogP) is 1.84. The van der Waals surface area contributed by atoms with Gasteiger partial charge in [0.15, 0.2) is 5.96 Å². The molecule has 0 radical (unpaired) electrons. The molecule has 7 heteroatoms. The summed E-state index contributed by atoms with van der Waals surface area (Å²) < 4.78 is 7.16. The second-order valence-corrected chi connectivity index (χ2v) is 5.29. The quantitative estimate of drug-likeness (QED) is 0.397. The summed E-state index contributed by atoms with van der Waals surface area (Å²) in [5, 5.41) is 14.5. The molecule has 0 aliphatic heterocycles. The zero-order valence-corrected chi connectivity index (χ0v) is 13.7. The minimum atomic E-state index is 0.752. The molecule has 0 saturated heterocycles. The fourth-order valence-corrected chi connectivity index (χ4v) is 2.09. The van der Waals surface area contributed by atoms with Crippen molar-refractivity contribution in [2.24, 2.45) is 4.99 Å². The van der Waals surface area contributed by atoms with Crippen molar-refractivity contribution >= 4 is 5.96 Å². The molecule has 2 rings (SSSR count). The van der Waals surface area contributed by atoms with Crippen molar-refractivity contribution in [3.8, 4) is 0 Å². The maximum atomic E-state index is 5.34. The molecule has 2 heterocycles. The lowest BCUT2D eigenvalue weighted by Crippen LogP contribution is -2.39. The lowest BCUT2D eigenvalue weighted by Gasteiger charge is -2.12. The number of hydrogen-bond acceptors (Lipinski definition) is 4. The molecule has 0 atom stereocenters. The molecule has 2 aromatic rings. The van der Waals surface area contributed by atoms with Gasteiger partial charge in [0.05, 0.1) is 12.5 Å². The highest BCUT2D eigenvalue weighted by molar-refractivity contribution is 5.79. The number of hydrogen-bond donors (Lipinski definition) is 2. The van der Waals surface area contributed by atoms with Gasteiger partial charge in [0.25, 0.3) is 0 Å². The van der Waals surface area contributed by atoms with Gasteiger partial charge in [-0.3, -0.25) is 9.67 Å². The van der Waals surface area contributed by atoms with Crippen LogP contribution in [0.25, 0.3) is 0 Å². The van der Waals surface area contributed by atoms with Crippen LogP contribution in [0.2, 0.25) is 0 Å². The molecule has 0 aliphatic rings. The van der Waals surface area contributed by atoms with Gasteiger partial charge in [0, 0.05) is 38.8 Å². The Morgan fingerprint density at radius 1 is 1.30 bits per heavy atom. The van der Waals surface area contributed by atoms with Crippen LogP contribution < -0.4 is 10.6 Å². The second kappa shape index (κ2) is 10.4. The summed E-state index contributed by atoms with van der Waals surface area (Å²) in [6, 6.07) is 3.90. The summed E-state index contributed by atoms with van der Waals surface area (Å²) in [4.78, 5) is 4.62. The first-order chi connectivity index (χ1) is 11.4. The van der Waals surface area contributed by atoms with Crippen LogP contribution in [0.3, 0.4) is 0 Å². The number of nitrogens with one attached hydrogen (secondary N) is 2. The monoisotopic (exact) mass is 318 g/mol. The Morgan fingerprint density at radius 2 is 2.22 bits per heavy atom. The first kappa shape index (κ1) is 17.1. The van der Waals surface area contributed by atoms with Crippen molar-refractivity contribution in [3.63, 3.8) is 0 Å². The van der Waals surface area contributed by atoms with E-state index in [0.717, 1.165) is 57.2 Å². The third-order valence-electron chi connectivity index (χ3n) is 3.35. The number of nitrogens with zero attached hydrogens (tertiary/aromatic N) is 4. The molecule has 0 unspecified atom stereocenters. The first-order valence-electron chi connectivity index (χ1n) is 8.27. The molecule has 0 fully saturated rings. The lowest BCUT2D eigenvalue weighted by atomic mass is 10.3. The summed E-state index contributed by atoms with van der Waals surface area (Å²) in [7, 11) is 0. The summed E-state index contributed by atoms with van der Waals surface area (Å²) in [5.74, 6) is 1.85. The van der Waals surface area contributed by atoms with Crippen LogP contribution in [0, 0.1) is 0 Å². The number of guanidine groups is 1. The zero-order valence-electron chi connectivity index (χ0n) is 13.7. The smallest absolute Gasteiger partial charge is 0.191 e. The average molecular weight is 318 g/mol. The Morgan fingerprint density at radius 3 is 2.96 bits per heavy atom. The van der Waals surface area contributed by atoms with Crippen LogP contribution in [-0.4, -0.2) is 40.6 Å². The van der Waals surface area contributed by atoms with Crippen molar-refractivity contribution in [2.75, 3.05) is 19.6 Å².